The van der Waals surface area contributed by atoms with E-state index in [1.807, 2.05) is 61.2 Å². The van der Waals surface area contributed by atoms with Gasteiger partial charge < -0.3 is 9.88 Å². The van der Waals surface area contributed by atoms with Crippen molar-refractivity contribution in [2.24, 2.45) is 0 Å². The zero-order valence-electron chi connectivity index (χ0n) is 18.5. The molecule has 0 saturated carbocycles. The number of nitrogens with zero attached hydrogens (tertiary/aromatic N) is 3. The number of nitrogens with one attached hydrogen (secondary N) is 1. The predicted molar refractivity (Wildman–Crippen MR) is 127 cm³/mol. The van der Waals surface area contributed by atoms with Gasteiger partial charge >= 0.3 is 0 Å². The molecule has 1 N–H and O–H groups in total. The molecule has 1 amide bonds. The number of imidazole rings is 1. The van der Waals surface area contributed by atoms with Crippen LogP contribution in [0, 0.1) is 25.2 Å². The van der Waals surface area contributed by atoms with E-state index in [1.165, 1.54) is 5.56 Å². The van der Waals surface area contributed by atoms with Gasteiger partial charge in [-0.25, -0.2) is 4.98 Å². The van der Waals surface area contributed by atoms with Gasteiger partial charge in [0.1, 0.15) is 5.82 Å². The maximum atomic E-state index is 13.3. The molecule has 3 aromatic rings. The van der Waals surface area contributed by atoms with E-state index in [-0.39, 0.29) is 5.91 Å². The van der Waals surface area contributed by atoms with Crippen molar-refractivity contribution >= 4 is 17.5 Å². The number of hydrogen-bond acceptors (Lipinski definition) is 3. The molecule has 32 heavy (non-hydrogen) atoms. The van der Waals surface area contributed by atoms with Gasteiger partial charge in [0.2, 0.25) is 0 Å². The molecule has 2 aromatic carbocycles. The molecule has 0 spiro atoms. The molecule has 1 aliphatic rings. The number of halogens is 1. The lowest BCUT2D eigenvalue weighted by Gasteiger charge is -2.32. The van der Waals surface area contributed by atoms with Crippen LogP contribution in [0.25, 0.3) is 11.3 Å². The highest BCUT2D eigenvalue weighted by Gasteiger charge is 2.25. The summed E-state index contributed by atoms with van der Waals surface area (Å²) in [6.45, 7) is 5.51. The Morgan fingerprint density at radius 1 is 1.19 bits per heavy atom. The van der Waals surface area contributed by atoms with Crippen molar-refractivity contribution in [3.8, 4) is 17.3 Å². The number of piperidine rings is 1. The van der Waals surface area contributed by atoms with Gasteiger partial charge in [-0.1, -0.05) is 18.2 Å². The molecule has 4 rings (SSSR count). The number of hydrogen-bond donors (Lipinski definition) is 1. The van der Waals surface area contributed by atoms with E-state index >= 15 is 0 Å². The summed E-state index contributed by atoms with van der Waals surface area (Å²) in [4.78, 5) is 23.2. The summed E-state index contributed by atoms with van der Waals surface area (Å²) in [5, 5.41) is 8.99. The standard InChI is InChI=1S/C26H27ClN4O/c1-17-3-6-22(15-23(17)25-18(2)29-24(30-25)9-12-27)26(32)31-13-10-21(11-14-31)20-7-4-19(16-28)5-8-20/h3-8,15,21H,9-14H2,1-2H3,(H,29,30). The summed E-state index contributed by atoms with van der Waals surface area (Å²) < 4.78 is 0. The second kappa shape index (κ2) is 9.58. The maximum Gasteiger partial charge on any atom is 0.253 e. The number of aromatic amines is 1. The quantitative estimate of drug-likeness (QED) is 0.535. The lowest BCUT2D eigenvalue weighted by atomic mass is 9.88. The Kier molecular flexibility index (Phi) is 6.62. The van der Waals surface area contributed by atoms with Crippen molar-refractivity contribution in [1.29, 1.82) is 5.26 Å². The van der Waals surface area contributed by atoms with Gasteiger partial charge in [0.15, 0.2) is 0 Å². The average molecular weight is 447 g/mol. The van der Waals surface area contributed by atoms with Crippen LogP contribution in [0.4, 0.5) is 0 Å². The number of aromatic nitrogens is 2. The molecule has 0 radical (unpaired) electrons. The van der Waals surface area contributed by atoms with Gasteiger partial charge in [-0.2, -0.15) is 5.26 Å². The predicted octanol–water partition coefficient (Wildman–Crippen LogP) is 5.37. The van der Waals surface area contributed by atoms with Crippen LogP contribution in [-0.2, 0) is 6.42 Å². The first-order chi connectivity index (χ1) is 15.5. The van der Waals surface area contributed by atoms with Crippen LogP contribution in [0.2, 0.25) is 0 Å². The van der Waals surface area contributed by atoms with Gasteiger partial charge in [0.05, 0.1) is 17.3 Å². The number of H-pyrrole nitrogens is 1. The Morgan fingerprint density at radius 3 is 2.56 bits per heavy atom. The summed E-state index contributed by atoms with van der Waals surface area (Å²) in [5.74, 6) is 1.88. The van der Waals surface area contributed by atoms with Crippen molar-refractivity contribution < 1.29 is 4.79 Å². The molecule has 2 heterocycles. The minimum Gasteiger partial charge on any atom is -0.346 e. The fourth-order valence-electron chi connectivity index (χ4n) is 4.43. The van der Waals surface area contributed by atoms with Crippen molar-refractivity contribution in [2.45, 2.75) is 39.0 Å². The third kappa shape index (κ3) is 4.56. The van der Waals surface area contributed by atoms with E-state index in [1.54, 1.807) is 0 Å². The number of carbonyl (C=O) groups is 1. The third-order valence-electron chi connectivity index (χ3n) is 6.30. The SMILES string of the molecule is Cc1ccc(C(=O)N2CCC(c3ccc(C#N)cc3)CC2)cc1-c1nc(CCCl)[nH]c1C. The van der Waals surface area contributed by atoms with E-state index in [0.29, 0.717) is 29.3 Å². The smallest absolute Gasteiger partial charge is 0.253 e. The van der Waals surface area contributed by atoms with Gasteiger partial charge in [-0.15, -0.1) is 11.6 Å². The van der Waals surface area contributed by atoms with E-state index in [2.05, 4.69) is 11.1 Å². The molecule has 1 aliphatic heterocycles. The molecular weight excluding hydrogens is 420 g/mol. The Balaban J connectivity index is 1.48. The van der Waals surface area contributed by atoms with Crippen molar-refractivity contribution in [3.63, 3.8) is 0 Å². The highest BCUT2D eigenvalue weighted by molar-refractivity contribution is 6.17. The number of likely N-dealkylation sites (tertiary alicyclic amines) is 1. The summed E-state index contributed by atoms with van der Waals surface area (Å²) in [7, 11) is 0. The van der Waals surface area contributed by atoms with Crippen LogP contribution >= 0.6 is 11.6 Å². The topological polar surface area (TPSA) is 72.8 Å². The van der Waals surface area contributed by atoms with Gasteiger partial charge in [-0.05, 0) is 68.0 Å². The number of aryl methyl sites for hydroxylation is 3. The van der Waals surface area contributed by atoms with E-state index < -0.39 is 0 Å². The summed E-state index contributed by atoms with van der Waals surface area (Å²) in [6, 6.07) is 15.9. The number of alkyl halides is 1. The Hall–Kier alpha value is -3.10. The average Bonchev–Trinajstić information content (AvgIpc) is 3.19. The molecule has 1 aromatic heterocycles. The monoisotopic (exact) mass is 446 g/mol. The molecular formula is C26H27ClN4O. The second-order valence-electron chi connectivity index (χ2n) is 8.43. The number of nitriles is 1. The minimum absolute atomic E-state index is 0.0682. The highest BCUT2D eigenvalue weighted by atomic mass is 35.5. The molecule has 0 atom stereocenters. The summed E-state index contributed by atoms with van der Waals surface area (Å²) in [6.07, 6.45) is 2.54. The number of amides is 1. The largest absolute Gasteiger partial charge is 0.346 e. The van der Waals surface area contributed by atoms with Crippen LogP contribution in [0.1, 0.15) is 57.3 Å². The zero-order valence-corrected chi connectivity index (χ0v) is 19.2. The molecule has 0 aliphatic carbocycles. The first kappa shape index (κ1) is 22.1. The number of rotatable bonds is 5. The molecule has 0 bridgehead atoms. The molecule has 1 fully saturated rings. The number of benzene rings is 2. The molecule has 1 saturated heterocycles. The van der Waals surface area contributed by atoms with Gasteiger partial charge in [-0.3, -0.25) is 4.79 Å². The molecule has 0 unspecified atom stereocenters. The van der Waals surface area contributed by atoms with Gasteiger partial charge in [0, 0.05) is 42.2 Å². The van der Waals surface area contributed by atoms with Crippen molar-refractivity contribution in [2.75, 3.05) is 19.0 Å². The van der Waals surface area contributed by atoms with Crippen LogP contribution in [0.5, 0.6) is 0 Å². The van der Waals surface area contributed by atoms with E-state index in [0.717, 1.165) is 54.3 Å². The Morgan fingerprint density at radius 2 is 1.91 bits per heavy atom. The molecule has 164 valence electrons. The first-order valence-electron chi connectivity index (χ1n) is 11.0. The first-order valence-corrected chi connectivity index (χ1v) is 11.6. The Bertz CT molecular complexity index is 1150. The highest BCUT2D eigenvalue weighted by Crippen LogP contribution is 2.30. The Labute approximate surface area is 194 Å². The van der Waals surface area contributed by atoms with Crippen LogP contribution in [-0.4, -0.2) is 39.7 Å². The molecule has 6 heteroatoms. The van der Waals surface area contributed by atoms with Crippen molar-refractivity contribution in [1.82, 2.24) is 14.9 Å². The lowest BCUT2D eigenvalue weighted by molar-refractivity contribution is 0.0713. The number of carbonyl (C=O) groups excluding carboxylic acids is 1. The normalized spacial score (nSPS) is 14.4. The summed E-state index contributed by atoms with van der Waals surface area (Å²) >= 11 is 5.87. The van der Waals surface area contributed by atoms with Crippen molar-refractivity contribution in [3.05, 3.63) is 76.2 Å². The fourth-order valence-corrected chi connectivity index (χ4v) is 4.61. The fraction of sp³-hybridized carbons (Fsp3) is 0.346. The zero-order chi connectivity index (χ0) is 22.7. The summed E-state index contributed by atoms with van der Waals surface area (Å²) in [5.41, 5.74) is 6.57. The lowest BCUT2D eigenvalue weighted by Crippen LogP contribution is -2.37. The third-order valence-corrected chi connectivity index (χ3v) is 6.49. The minimum atomic E-state index is 0.0682. The molecule has 5 nitrogen and oxygen atoms in total. The second-order valence-corrected chi connectivity index (χ2v) is 8.80. The van der Waals surface area contributed by atoms with E-state index in [4.69, 9.17) is 21.8 Å². The van der Waals surface area contributed by atoms with Crippen LogP contribution in [0.15, 0.2) is 42.5 Å². The van der Waals surface area contributed by atoms with Gasteiger partial charge in [0.25, 0.3) is 5.91 Å². The van der Waals surface area contributed by atoms with Crippen LogP contribution < -0.4 is 0 Å². The maximum absolute atomic E-state index is 13.3. The van der Waals surface area contributed by atoms with E-state index in [9.17, 15) is 4.79 Å². The van der Waals surface area contributed by atoms with Crippen LogP contribution in [0.3, 0.4) is 0 Å².